The number of aromatic carboxylic acids is 1. The molecule has 0 radical (unpaired) electrons. The average Bonchev–Trinajstić information content (AvgIpc) is 2.17. The number of carboxylic acid groups (broad SMARTS) is 1. The van der Waals surface area contributed by atoms with Crippen molar-refractivity contribution in [3.63, 3.8) is 0 Å². The van der Waals surface area contributed by atoms with Crippen molar-refractivity contribution in [2.75, 3.05) is 6.54 Å². The summed E-state index contributed by atoms with van der Waals surface area (Å²) in [6.07, 6.45) is 0.742. The molecule has 0 bridgehead atoms. The molecule has 0 amide bonds. The van der Waals surface area contributed by atoms with Crippen molar-refractivity contribution >= 4 is 46.2 Å². The van der Waals surface area contributed by atoms with Crippen molar-refractivity contribution in [3.8, 4) is 0 Å². The Morgan fingerprint density at radius 1 is 1.44 bits per heavy atom. The molecule has 0 unspecified atom stereocenters. The fourth-order valence-electron chi connectivity index (χ4n) is 1.77. The zero-order valence-corrected chi connectivity index (χ0v) is 11.4. The van der Waals surface area contributed by atoms with Crippen LogP contribution in [0.3, 0.4) is 0 Å². The molecule has 1 aliphatic heterocycles. The Balaban J connectivity index is 0.00000128. The van der Waals surface area contributed by atoms with E-state index in [9.17, 15) is 4.79 Å². The number of fused-ring (bicyclic) bond motifs is 1. The second-order valence-electron chi connectivity index (χ2n) is 3.42. The van der Waals surface area contributed by atoms with E-state index in [1.54, 1.807) is 6.07 Å². The van der Waals surface area contributed by atoms with Gasteiger partial charge in [0.25, 0.3) is 0 Å². The lowest BCUT2D eigenvalue weighted by molar-refractivity contribution is 0.0697. The number of carbonyl (C=O) groups is 1. The maximum Gasteiger partial charge on any atom is 0.338 e. The third-order valence-electron chi connectivity index (χ3n) is 2.49. The van der Waals surface area contributed by atoms with Crippen LogP contribution in [0, 0.1) is 0 Å². The van der Waals surface area contributed by atoms with E-state index in [0.29, 0.717) is 6.54 Å². The van der Waals surface area contributed by atoms with Gasteiger partial charge in [0.15, 0.2) is 0 Å². The fourth-order valence-corrected chi connectivity index (χ4v) is 2.52. The summed E-state index contributed by atoms with van der Waals surface area (Å²) in [7, 11) is 0. The third kappa shape index (κ3) is 2.35. The van der Waals surface area contributed by atoms with Crippen LogP contribution in [-0.4, -0.2) is 17.6 Å². The number of hydrogen-bond donors (Lipinski definition) is 2. The molecule has 2 N–H and O–H groups in total. The zero-order chi connectivity index (χ0) is 11.0. The van der Waals surface area contributed by atoms with Gasteiger partial charge < -0.3 is 10.4 Å². The maximum atomic E-state index is 10.9. The minimum Gasteiger partial charge on any atom is -0.478 e. The average molecular weight is 327 g/mol. The summed E-state index contributed by atoms with van der Waals surface area (Å²) in [5.41, 5.74) is 1.90. The van der Waals surface area contributed by atoms with E-state index >= 15 is 0 Å². The molecule has 0 saturated heterocycles. The summed E-state index contributed by atoms with van der Waals surface area (Å²) >= 11 is 11.9. The minimum atomic E-state index is -1.08. The van der Waals surface area contributed by atoms with Crippen LogP contribution in [0.5, 0.6) is 0 Å². The monoisotopic (exact) mass is 325 g/mol. The van der Waals surface area contributed by atoms with Crippen molar-refractivity contribution in [1.29, 1.82) is 0 Å². The smallest absolute Gasteiger partial charge is 0.338 e. The quantitative estimate of drug-likeness (QED) is 0.834. The normalized spacial score (nSPS) is 13.9. The first kappa shape index (κ1) is 13.8. The highest BCUT2D eigenvalue weighted by molar-refractivity contribution is 8.93. The molecule has 1 aromatic carbocycles. The van der Waals surface area contributed by atoms with Gasteiger partial charge in [0.1, 0.15) is 0 Å². The standard InChI is InChI=1S/C10H9Cl2NO2.BrH/c11-7-3-5-4-13-2-1-6(5)9(12)8(7)10(14)15;/h3,13H,1-2,4H2,(H,14,15);1H. The van der Waals surface area contributed by atoms with Crippen LogP contribution in [0.25, 0.3) is 0 Å². The van der Waals surface area contributed by atoms with Crippen molar-refractivity contribution in [3.05, 3.63) is 32.8 Å². The first-order valence-corrected chi connectivity index (χ1v) is 5.30. The highest BCUT2D eigenvalue weighted by Gasteiger charge is 2.21. The molecule has 3 nitrogen and oxygen atoms in total. The summed E-state index contributed by atoms with van der Waals surface area (Å²) in [6.45, 7) is 1.50. The Hall–Kier alpha value is -0.290. The van der Waals surface area contributed by atoms with Gasteiger partial charge in [0.2, 0.25) is 0 Å². The van der Waals surface area contributed by atoms with E-state index in [-0.39, 0.29) is 32.6 Å². The molecule has 0 fully saturated rings. The van der Waals surface area contributed by atoms with Gasteiger partial charge in [0, 0.05) is 6.54 Å². The molecular weight excluding hydrogens is 317 g/mol. The Morgan fingerprint density at radius 2 is 2.12 bits per heavy atom. The summed E-state index contributed by atoms with van der Waals surface area (Å²) in [5, 5.41) is 12.6. The molecule has 6 heteroatoms. The molecule has 0 aromatic heterocycles. The van der Waals surface area contributed by atoms with Gasteiger partial charge in [-0.05, 0) is 30.2 Å². The minimum absolute atomic E-state index is 0. The molecule has 1 aromatic rings. The van der Waals surface area contributed by atoms with Crippen LogP contribution >= 0.6 is 40.2 Å². The zero-order valence-electron chi connectivity index (χ0n) is 8.22. The van der Waals surface area contributed by atoms with E-state index in [2.05, 4.69) is 5.32 Å². The van der Waals surface area contributed by atoms with Crippen molar-refractivity contribution < 1.29 is 9.90 Å². The van der Waals surface area contributed by atoms with E-state index < -0.39 is 5.97 Å². The molecule has 0 aliphatic carbocycles. The van der Waals surface area contributed by atoms with Crippen LogP contribution in [0.4, 0.5) is 0 Å². The van der Waals surface area contributed by atoms with Crippen LogP contribution in [-0.2, 0) is 13.0 Å². The van der Waals surface area contributed by atoms with E-state index in [4.69, 9.17) is 28.3 Å². The second-order valence-corrected chi connectivity index (χ2v) is 4.20. The molecular formula is C10H10BrCl2NO2. The lowest BCUT2D eigenvalue weighted by atomic mass is 9.98. The number of carboxylic acids is 1. The topological polar surface area (TPSA) is 49.3 Å². The van der Waals surface area contributed by atoms with Crippen LogP contribution in [0.2, 0.25) is 10.0 Å². The largest absolute Gasteiger partial charge is 0.478 e. The van der Waals surface area contributed by atoms with Crippen molar-refractivity contribution in [1.82, 2.24) is 5.32 Å². The van der Waals surface area contributed by atoms with E-state index in [1.807, 2.05) is 0 Å². The van der Waals surface area contributed by atoms with Crippen LogP contribution in [0.1, 0.15) is 21.5 Å². The number of nitrogens with one attached hydrogen (secondary N) is 1. The van der Waals surface area contributed by atoms with Crippen molar-refractivity contribution in [2.24, 2.45) is 0 Å². The van der Waals surface area contributed by atoms with E-state index in [0.717, 1.165) is 24.1 Å². The van der Waals surface area contributed by atoms with E-state index in [1.165, 1.54) is 0 Å². The Labute approximate surface area is 114 Å². The first-order chi connectivity index (χ1) is 7.11. The third-order valence-corrected chi connectivity index (χ3v) is 3.21. The van der Waals surface area contributed by atoms with Gasteiger partial charge in [-0.1, -0.05) is 23.2 Å². The number of hydrogen-bond acceptors (Lipinski definition) is 2. The van der Waals surface area contributed by atoms with Crippen molar-refractivity contribution in [2.45, 2.75) is 13.0 Å². The number of benzene rings is 1. The van der Waals surface area contributed by atoms with Gasteiger partial charge in [0.05, 0.1) is 15.6 Å². The molecule has 0 saturated carbocycles. The Kier molecular flexibility index (Phi) is 4.62. The van der Waals surface area contributed by atoms with Crippen LogP contribution < -0.4 is 5.32 Å². The molecule has 16 heavy (non-hydrogen) atoms. The number of rotatable bonds is 1. The fraction of sp³-hybridized carbons (Fsp3) is 0.300. The molecule has 88 valence electrons. The van der Waals surface area contributed by atoms with Crippen LogP contribution in [0.15, 0.2) is 6.07 Å². The summed E-state index contributed by atoms with van der Waals surface area (Å²) in [5.74, 6) is -1.08. The SMILES string of the molecule is Br.O=C(O)c1c(Cl)cc2c(c1Cl)CCNC2. The molecule has 1 heterocycles. The molecule has 1 aliphatic rings. The van der Waals surface area contributed by atoms with Gasteiger partial charge in [-0.2, -0.15) is 0 Å². The lowest BCUT2D eigenvalue weighted by Gasteiger charge is -2.20. The predicted octanol–water partition coefficient (Wildman–Crippen LogP) is 2.92. The number of halogens is 3. The summed E-state index contributed by atoms with van der Waals surface area (Å²) < 4.78 is 0. The van der Waals surface area contributed by atoms with Gasteiger partial charge in [-0.15, -0.1) is 17.0 Å². The molecule has 2 rings (SSSR count). The maximum absolute atomic E-state index is 10.9. The second kappa shape index (κ2) is 5.36. The Morgan fingerprint density at radius 3 is 2.75 bits per heavy atom. The van der Waals surface area contributed by atoms with Gasteiger partial charge in [-0.3, -0.25) is 0 Å². The predicted molar refractivity (Wildman–Crippen MR) is 69.2 cm³/mol. The lowest BCUT2D eigenvalue weighted by Crippen LogP contribution is -2.24. The van der Waals surface area contributed by atoms with Gasteiger partial charge >= 0.3 is 5.97 Å². The highest BCUT2D eigenvalue weighted by atomic mass is 79.9. The first-order valence-electron chi connectivity index (χ1n) is 4.55. The highest BCUT2D eigenvalue weighted by Crippen LogP contribution is 2.32. The summed E-state index contributed by atoms with van der Waals surface area (Å²) in [6, 6.07) is 1.68. The molecule has 0 spiro atoms. The Bertz CT molecular complexity index is 437. The molecule has 0 atom stereocenters. The summed E-state index contributed by atoms with van der Waals surface area (Å²) in [4.78, 5) is 10.9. The van der Waals surface area contributed by atoms with Gasteiger partial charge in [-0.25, -0.2) is 4.79 Å².